The predicted molar refractivity (Wildman–Crippen MR) is 68.1 cm³/mol. The lowest BCUT2D eigenvalue weighted by Crippen LogP contribution is -2.32. The van der Waals surface area contributed by atoms with E-state index < -0.39 is 0 Å². The van der Waals surface area contributed by atoms with Crippen LogP contribution in [0.3, 0.4) is 0 Å². The largest absolute Gasteiger partial charge is 0.314 e. The molecule has 1 saturated carbocycles. The monoisotopic (exact) mass is 211 g/mol. The lowest BCUT2D eigenvalue weighted by Gasteiger charge is -2.26. The van der Waals surface area contributed by atoms with Gasteiger partial charge in [0.2, 0.25) is 0 Å². The van der Waals surface area contributed by atoms with Crippen molar-refractivity contribution in [3.05, 3.63) is 0 Å². The molecule has 1 heteroatoms. The standard InChI is InChI=1S/C14H29N/c1-4-8-13-9-6-5-7-10-14(13)11-15-12(2)3/h12-15H,4-11H2,1-3H3. The Morgan fingerprint density at radius 3 is 2.33 bits per heavy atom. The highest BCUT2D eigenvalue weighted by Crippen LogP contribution is 2.31. The molecule has 0 saturated heterocycles. The normalized spacial score (nSPS) is 28.0. The van der Waals surface area contributed by atoms with Gasteiger partial charge in [-0.25, -0.2) is 0 Å². The summed E-state index contributed by atoms with van der Waals surface area (Å²) in [6.45, 7) is 8.09. The molecule has 1 aliphatic rings. The lowest BCUT2D eigenvalue weighted by atomic mass is 9.84. The van der Waals surface area contributed by atoms with Crippen molar-refractivity contribution in [1.82, 2.24) is 5.32 Å². The molecule has 0 aromatic carbocycles. The second-order valence-corrected chi connectivity index (χ2v) is 5.51. The summed E-state index contributed by atoms with van der Waals surface area (Å²) in [5.41, 5.74) is 0. The maximum atomic E-state index is 3.63. The second-order valence-electron chi connectivity index (χ2n) is 5.51. The molecule has 0 aromatic rings. The Balaban J connectivity index is 2.39. The molecule has 2 atom stereocenters. The molecule has 1 fully saturated rings. The average molecular weight is 211 g/mol. The van der Waals surface area contributed by atoms with E-state index in [1.165, 1.54) is 51.5 Å². The highest BCUT2D eigenvalue weighted by Gasteiger charge is 2.22. The molecule has 15 heavy (non-hydrogen) atoms. The third kappa shape index (κ3) is 5.01. The van der Waals surface area contributed by atoms with Gasteiger partial charge in [-0.2, -0.15) is 0 Å². The number of hydrogen-bond donors (Lipinski definition) is 1. The van der Waals surface area contributed by atoms with Crippen molar-refractivity contribution in [3.8, 4) is 0 Å². The summed E-state index contributed by atoms with van der Waals surface area (Å²) < 4.78 is 0. The van der Waals surface area contributed by atoms with E-state index in [1.807, 2.05) is 0 Å². The van der Waals surface area contributed by atoms with Crippen molar-refractivity contribution in [2.24, 2.45) is 11.8 Å². The summed E-state index contributed by atoms with van der Waals surface area (Å²) in [6.07, 6.45) is 10.2. The van der Waals surface area contributed by atoms with Crippen LogP contribution in [0.4, 0.5) is 0 Å². The summed E-state index contributed by atoms with van der Waals surface area (Å²) in [5, 5.41) is 3.63. The van der Waals surface area contributed by atoms with E-state index in [0.717, 1.165) is 11.8 Å². The van der Waals surface area contributed by atoms with Gasteiger partial charge in [-0.1, -0.05) is 59.3 Å². The van der Waals surface area contributed by atoms with Crippen molar-refractivity contribution in [2.45, 2.75) is 71.8 Å². The van der Waals surface area contributed by atoms with Crippen LogP contribution in [0.1, 0.15) is 65.7 Å². The SMILES string of the molecule is CCCC1CCCCCC1CNC(C)C. The van der Waals surface area contributed by atoms with Crippen LogP contribution in [0.5, 0.6) is 0 Å². The number of nitrogens with one attached hydrogen (secondary N) is 1. The summed E-state index contributed by atoms with van der Waals surface area (Å²) in [5.74, 6) is 1.96. The highest BCUT2D eigenvalue weighted by molar-refractivity contribution is 4.76. The molecule has 1 nitrogen and oxygen atoms in total. The molecule has 2 unspecified atom stereocenters. The van der Waals surface area contributed by atoms with Crippen molar-refractivity contribution in [1.29, 1.82) is 0 Å². The molecule has 0 aliphatic heterocycles. The number of rotatable bonds is 5. The van der Waals surface area contributed by atoms with Gasteiger partial charge in [0.15, 0.2) is 0 Å². The third-order valence-corrected chi connectivity index (χ3v) is 3.76. The fourth-order valence-electron chi connectivity index (χ4n) is 2.87. The predicted octanol–water partition coefficient (Wildman–Crippen LogP) is 3.98. The van der Waals surface area contributed by atoms with Crippen LogP contribution >= 0.6 is 0 Å². The van der Waals surface area contributed by atoms with Crippen LogP contribution in [0, 0.1) is 11.8 Å². The lowest BCUT2D eigenvalue weighted by molar-refractivity contribution is 0.275. The van der Waals surface area contributed by atoms with Gasteiger partial charge in [0.25, 0.3) is 0 Å². The van der Waals surface area contributed by atoms with Crippen LogP contribution in [-0.2, 0) is 0 Å². The minimum absolute atomic E-state index is 0.649. The van der Waals surface area contributed by atoms with Crippen molar-refractivity contribution in [2.75, 3.05) is 6.54 Å². The molecule has 1 N–H and O–H groups in total. The maximum absolute atomic E-state index is 3.63. The number of hydrogen-bond acceptors (Lipinski definition) is 1. The zero-order valence-corrected chi connectivity index (χ0v) is 10.9. The first-order chi connectivity index (χ1) is 7.24. The summed E-state index contributed by atoms with van der Waals surface area (Å²) in [4.78, 5) is 0. The molecule has 1 aliphatic carbocycles. The molecule has 0 bridgehead atoms. The Morgan fingerprint density at radius 1 is 1.07 bits per heavy atom. The minimum atomic E-state index is 0.649. The maximum Gasteiger partial charge on any atom is 0.00104 e. The summed E-state index contributed by atoms with van der Waals surface area (Å²) in [7, 11) is 0. The fraction of sp³-hybridized carbons (Fsp3) is 1.00. The van der Waals surface area contributed by atoms with Gasteiger partial charge in [0.05, 0.1) is 0 Å². The zero-order valence-electron chi connectivity index (χ0n) is 10.9. The first-order valence-electron chi connectivity index (χ1n) is 6.97. The van der Waals surface area contributed by atoms with Gasteiger partial charge in [0, 0.05) is 6.04 Å². The quantitative estimate of drug-likeness (QED) is 0.678. The van der Waals surface area contributed by atoms with Gasteiger partial charge in [0.1, 0.15) is 0 Å². The first-order valence-corrected chi connectivity index (χ1v) is 6.97. The molecule has 1 rings (SSSR count). The average Bonchev–Trinajstić information content (AvgIpc) is 2.41. The molecule has 0 spiro atoms. The highest BCUT2D eigenvalue weighted by atomic mass is 14.9. The second kappa shape index (κ2) is 7.27. The molecule has 0 radical (unpaired) electrons. The van der Waals surface area contributed by atoms with Gasteiger partial charge in [-0.15, -0.1) is 0 Å². The zero-order chi connectivity index (χ0) is 11.1. The molecular weight excluding hydrogens is 182 g/mol. The first kappa shape index (κ1) is 13.0. The molecule has 0 aromatic heterocycles. The molecule has 90 valence electrons. The van der Waals surface area contributed by atoms with E-state index in [0.29, 0.717) is 6.04 Å². The molecular formula is C14H29N. The van der Waals surface area contributed by atoms with Crippen molar-refractivity contribution >= 4 is 0 Å². The fourth-order valence-corrected chi connectivity index (χ4v) is 2.87. The molecule has 0 amide bonds. The topological polar surface area (TPSA) is 12.0 Å². The van der Waals surface area contributed by atoms with Crippen molar-refractivity contribution < 1.29 is 0 Å². The van der Waals surface area contributed by atoms with Crippen LogP contribution < -0.4 is 5.32 Å². The van der Waals surface area contributed by atoms with Gasteiger partial charge in [-0.3, -0.25) is 0 Å². The van der Waals surface area contributed by atoms with Gasteiger partial charge >= 0.3 is 0 Å². The van der Waals surface area contributed by atoms with Crippen LogP contribution in [-0.4, -0.2) is 12.6 Å². The summed E-state index contributed by atoms with van der Waals surface area (Å²) >= 11 is 0. The van der Waals surface area contributed by atoms with Gasteiger partial charge in [-0.05, 0) is 24.8 Å². The minimum Gasteiger partial charge on any atom is -0.314 e. The summed E-state index contributed by atoms with van der Waals surface area (Å²) in [6, 6.07) is 0.649. The Kier molecular flexibility index (Phi) is 6.31. The van der Waals surface area contributed by atoms with E-state index in [-0.39, 0.29) is 0 Å². The molecule has 0 heterocycles. The van der Waals surface area contributed by atoms with E-state index in [4.69, 9.17) is 0 Å². The van der Waals surface area contributed by atoms with E-state index in [2.05, 4.69) is 26.1 Å². The van der Waals surface area contributed by atoms with Crippen LogP contribution in [0.25, 0.3) is 0 Å². The van der Waals surface area contributed by atoms with E-state index >= 15 is 0 Å². The van der Waals surface area contributed by atoms with E-state index in [1.54, 1.807) is 0 Å². The van der Waals surface area contributed by atoms with Gasteiger partial charge < -0.3 is 5.32 Å². The Morgan fingerprint density at radius 2 is 1.73 bits per heavy atom. The Labute approximate surface area is 96.0 Å². The Hall–Kier alpha value is -0.0400. The third-order valence-electron chi connectivity index (χ3n) is 3.76. The van der Waals surface area contributed by atoms with E-state index in [9.17, 15) is 0 Å². The smallest absolute Gasteiger partial charge is 0.00104 e. The van der Waals surface area contributed by atoms with Crippen LogP contribution in [0.15, 0.2) is 0 Å². The van der Waals surface area contributed by atoms with Crippen molar-refractivity contribution in [3.63, 3.8) is 0 Å². The van der Waals surface area contributed by atoms with Crippen LogP contribution in [0.2, 0.25) is 0 Å². The Bertz CT molecular complexity index is 153.